The molecular formula is C25H48O3Si. The van der Waals surface area contributed by atoms with Crippen molar-refractivity contribution >= 4 is 14.1 Å². The van der Waals surface area contributed by atoms with Crippen LogP contribution >= 0.6 is 0 Å². The second kappa shape index (κ2) is 10.9. The third-order valence-electron chi connectivity index (χ3n) is 8.88. The first-order valence-corrected chi connectivity index (χ1v) is 15.2. The largest absolute Gasteiger partial charge is 0.411 e. The van der Waals surface area contributed by atoms with E-state index in [0.717, 1.165) is 51.6 Å². The predicted octanol–water partition coefficient (Wildman–Crippen LogP) is 7.00. The summed E-state index contributed by atoms with van der Waals surface area (Å²) in [5.74, 6) is 2.59. The number of rotatable bonds is 12. The highest BCUT2D eigenvalue weighted by atomic mass is 28.4. The summed E-state index contributed by atoms with van der Waals surface area (Å²) in [4.78, 5) is 12.4. The van der Waals surface area contributed by atoms with Gasteiger partial charge >= 0.3 is 0 Å². The van der Waals surface area contributed by atoms with Crippen LogP contribution in [0.5, 0.6) is 0 Å². The van der Waals surface area contributed by atoms with Gasteiger partial charge in [0.1, 0.15) is 5.78 Å². The summed E-state index contributed by atoms with van der Waals surface area (Å²) in [5.41, 5.74) is -0.0275. The molecule has 29 heavy (non-hydrogen) atoms. The molecule has 4 unspecified atom stereocenters. The second-order valence-corrected chi connectivity index (χ2v) is 14.7. The van der Waals surface area contributed by atoms with Gasteiger partial charge in [0, 0.05) is 18.9 Å². The molecular weight excluding hydrogens is 376 g/mol. The minimum absolute atomic E-state index is 0.0275. The van der Waals surface area contributed by atoms with Crippen LogP contribution in [0.3, 0.4) is 0 Å². The third-order valence-corrected chi connectivity index (χ3v) is 13.6. The van der Waals surface area contributed by atoms with Crippen molar-refractivity contribution in [2.45, 2.75) is 123 Å². The average Bonchev–Trinajstić information content (AvgIpc) is 3.20. The number of hydrogen-bond acceptors (Lipinski definition) is 3. The van der Waals surface area contributed by atoms with Crippen molar-refractivity contribution in [3.63, 3.8) is 0 Å². The number of ether oxygens (including phenoxy) is 1. The molecule has 2 fully saturated rings. The van der Waals surface area contributed by atoms with Crippen LogP contribution in [0.4, 0.5) is 0 Å². The van der Waals surface area contributed by atoms with Crippen molar-refractivity contribution in [2.75, 3.05) is 6.61 Å². The predicted molar refractivity (Wildman–Crippen MR) is 125 cm³/mol. The van der Waals surface area contributed by atoms with Crippen LogP contribution < -0.4 is 0 Å². The summed E-state index contributed by atoms with van der Waals surface area (Å²) in [6.07, 6.45) is 7.49. The number of hydrogen-bond donors (Lipinski definition) is 0. The van der Waals surface area contributed by atoms with Gasteiger partial charge in [-0.3, -0.25) is 4.79 Å². The number of ketones is 1. The van der Waals surface area contributed by atoms with Crippen LogP contribution in [0.1, 0.15) is 93.4 Å². The fourth-order valence-corrected chi connectivity index (χ4v) is 9.57. The number of Topliss-reactive ketones (excluding diaryl/α,β-unsaturated/α-hetero) is 1. The summed E-state index contributed by atoms with van der Waals surface area (Å²) in [6, 6.07) is 3.61. The molecule has 0 heterocycles. The first-order valence-electron chi connectivity index (χ1n) is 12.6. The van der Waals surface area contributed by atoms with E-state index in [9.17, 15) is 4.79 Å². The van der Waals surface area contributed by atoms with Gasteiger partial charge in [-0.1, -0.05) is 41.5 Å². The lowest BCUT2D eigenvalue weighted by atomic mass is 9.70. The summed E-state index contributed by atoms with van der Waals surface area (Å²) < 4.78 is 13.5. The van der Waals surface area contributed by atoms with Crippen molar-refractivity contribution in [1.82, 2.24) is 0 Å². The molecule has 4 heteroatoms. The van der Waals surface area contributed by atoms with E-state index in [1.165, 1.54) is 18.1 Å². The molecule has 2 rings (SSSR count). The fourth-order valence-electron chi connectivity index (χ4n) is 6.32. The first-order chi connectivity index (χ1) is 13.8. The molecule has 0 saturated heterocycles. The monoisotopic (exact) mass is 424 g/mol. The topological polar surface area (TPSA) is 35.5 Å². The summed E-state index contributed by atoms with van der Waals surface area (Å²) in [6.45, 7) is 16.9. The van der Waals surface area contributed by atoms with Gasteiger partial charge < -0.3 is 9.16 Å². The number of carbonyl (C=O) groups is 1. The Morgan fingerprint density at radius 3 is 2.21 bits per heavy atom. The van der Waals surface area contributed by atoms with Gasteiger partial charge in [-0.2, -0.15) is 0 Å². The minimum atomic E-state index is -1.63. The normalized spacial score (nSPS) is 29.1. The van der Waals surface area contributed by atoms with Crippen molar-refractivity contribution in [3.05, 3.63) is 0 Å². The van der Waals surface area contributed by atoms with Gasteiger partial charge in [-0.05, 0) is 81.3 Å². The zero-order valence-corrected chi connectivity index (χ0v) is 21.4. The van der Waals surface area contributed by atoms with E-state index < -0.39 is 8.32 Å². The van der Waals surface area contributed by atoms with E-state index in [0.29, 0.717) is 29.5 Å². The molecule has 0 aliphatic heterocycles. The van der Waals surface area contributed by atoms with Crippen LogP contribution in [0.2, 0.25) is 18.1 Å². The van der Waals surface area contributed by atoms with E-state index in [-0.39, 0.29) is 11.7 Å². The van der Waals surface area contributed by atoms with Crippen LogP contribution in [0.25, 0.3) is 0 Å². The van der Waals surface area contributed by atoms with Gasteiger partial charge in [0.05, 0.1) is 11.7 Å². The first kappa shape index (κ1) is 25.1. The average molecular weight is 425 g/mol. The van der Waals surface area contributed by atoms with E-state index in [1.807, 2.05) is 0 Å². The molecule has 170 valence electrons. The molecule has 0 aromatic rings. The quantitative estimate of drug-likeness (QED) is 0.316. The highest BCUT2D eigenvalue weighted by Crippen LogP contribution is 2.49. The van der Waals surface area contributed by atoms with Gasteiger partial charge in [0.25, 0.3) is 0 Å². The van der Waals surface area contributed by atoms with Gasteiger partial charge in [-0.25, -0.2) is 0 Å². The minimum Gasteiger partial charge on any atom is -0.411 e. The Morgan fingerprint density at radius 1 is 1.03 bits per heavy atom. The molecule has 0 bridgehead atoms. The highest BCUT2D eigenvalue weighted by molar-refractivity contribution is 6.73. The number of carbonyl (C=O) groups excluding carboxylic acids is 1. The maximum atomic E-state index is 12.4. The second-order valence-electron chi connectivity index (χ2n) is 9.97. The van der Waals surface area contributed by atoms with Gasteiger partial charge in [0.2, 0.25) is 0 Å². The van der Waals surface area contributed by atoms with E-state index in [1.54, 1.807) is 0 Å². The maximum absolute atomic E-state index is 12.4. The van der Waals surface area contributed by atoms with Gasteiger partial charge in [-0.15, -0.1) is 0 Å². The number of fused-ring (bicyclic) bond motifs is 1. The smallest absolute Gasteiger partial charge is 0.192 e. The molecule has 2 aliphatic carbocycles. The molecule has 0 aromatic carbocycles. The molecule has 0 spiro atoms. The third kappa shape index (κ3) is 5.54. The standard InChI is InChI=1S/C25H48O3Si/c1-8-25(9-2,28-29(10-3,11-4)12-5)17-18-27-20(7)21-14-15-22-23(26)16-13-19(6)24(21)22/h19-22,24H,8-18H2,1-7H3/t19-,20?,21?,22?,24?/m0/s1. The lowest BCUT2D eigenvalue weighted by molar-refractivity contribution is -0.128. The van der Waals surface area contributed by atoms with Crippen molar-refractivity contribution < 1.29 is 14.0 Å². The zero-order valence-electron chi connectivity index (χ0n) is 20.4. The Balaban J connectivity index is 1.96. The Hall–Kier alpha value is -0.193. The molecule has 3 nitrogen and oxygen atoms in total. The molecule has 2 aliphatic rings. The molecule has 0 radical (unpaired) electrons. The maximum Gasteiger partial charge on any atom is 0.192 e. The van der Waals surface area contributed by atoms with Crippen LogP contribution in [0, 0.1) is 23.7 Å². The van der Waals surface area contributed by atoms with Crippen molar-refractivity contribution in [2.24, 2.45) is 23.7 Å². The Morgan fingerprint density at radius 2 is 1.66 bits per heavy atom. The summed E-state index contributed by atoms with van der Waals surface area (Å²) in [5, 5.41) is 0. The SMILES string of the molecule is CCC(CC)(CCOC(C)C1CCC2C(=O)CC[C@H](C)C21)O[Si](CC)(CC)CC. The summed E-state index contributed by atoms with van der Waals surface area (Å²) in [7, 11) is -1.63. The zero-order chi connectivity index (χ0) is 21.7. The summed E-state index contributed by atoms with van der Waals surface area (Å²) >= 11 is 0. The van der Waals surface area contributed by atoms with E-state index in [2.05, 4.69) is 48.5 Å². The van der Waals surface area contributed by atoms with Crippen molar-refractivity contribution in [3.8, 4) is 0 Å². The lowest BCUT2D eigenvalue weighted by Gasteiger charge is -2.42. The Bertz CT molecular complexity index is 504. The highest BCUT2D eigenvalue weighted by Gasteiger charge is 2.47. The fraction of sp³-hybridized carbons (Fsp3) is 0.960. The molecule has 0 amide bonds. The van der Waals surface area contributed by atoms with Crippen LogP contribution in [-0.4, -0.2) is 32.4 Å². The van der Waals surface area contributed by atoms with Crippen LogP contribution in [-0.2, 0) is 14.0 Å². The van der Waals surface area contributed by atoms with E-state index in [4.69, 9.17) is 9.16 Å². The van der Waals surface area contributed by atoms with Gasteiger partial charge in [0.15, 0.2) is 8.32 Å². The molecule has 0 N–H and O–H groups in total. The Labute approximate surface area is 181 Å². The molecule has 0 aromatic heterocycles. The molecule has 2 saturated carbocycles. The van der Waals surface area contributed by atoms with E-state index >= 15 is 0 Å². The lowest BCUT2D eigenvalue weighted by Crippen LogP contribution is -2.47. The Kier molecular flexibility index (Phi) is 9.43. The van der Waals surface area contributed by atoms with Crippen molar-refractivity contribution in [1.29, 1.82) is 0 Å². The van der Waals surface area contributed by atoms with Crippen LogP contribution in [0.15, 0.2) is 0 Å². The molecule has 5 atom stereocenters.